The van der Waals surface area contributed by atoms with E-state index in [0.717, 1.165) is 11.3 Å². The number of thiophene rings is 1. The fourth-order valence-corrected chi connectivity index (χ4v) is 5.32. The van der Waals surface area contributed by atoms with Crippen LogP contribution in [-0.2, 0) is 10.4 Å². The predicted molar refractivity (Wildman–Crippen MR) is 103 cm³/mol. The molecule has 10 heteroatoms. The topological polar surface area (TPSA) is 88.2 Å². The first-order valence-corrected chi connectivity index (χ1v) is 9.63. The van der Waals surface area contributed by atoms with Crippen LogP contribution in [0.3, 0.4) is 0 Å². The van der Waals surface area contributed by atoms with E-state index in [4.69, 9.17) is 40.5 Å². The highest BCUT2D eigenvalue weighted by molar-refractivity contribution is 7.20. The van der Waals surface area contributed by atoms with Crippen LogP contribution in [0.4, 0.5) is 10.8 Å². The van der Waals surface area contributed by atoms with E-state index < -0.39 is 11.5 Å². The summed E-state index contributed by atoms with van der Waals surface area (Å²) in [5.74, 6) is -0.640. The molecule has 4 rings (SSSR count). The lowest BCUT2D eigenvalue weighted by molar-refractivity contribution is -0.129. The van der Waals surface area contributed by atoms with E-state index in [-0.39, 0.29) is 20.6 Å². The highest BCUT2D eigenvalue weighted by atomic mass is 35.5. The van der Waals surface area contributed by atoms with Crippen molar-refractivity contribution in [2.45, 2.75) is 5.60 Å². The summed E-state index contributed by atoms with van der Waals surface area (Å²) in [6.45, 7) is 0. The molecule has 2 aromatic heterocycles. The molecule has 3 heterocycles. The predicted octanol–water partition coefficient (Wildman–Crippen LogP) is 4.60. The molecule has 4 N–H and O–H groups in total. The third kappa shape index (κ3) is 2.54. The van der Waals surface area contributed by atoms with Crippen molar-refractivity contribution >= 4 is 74.2 Å². The minimum Gasteiger partial charge on any atom is -0.375 e. The summed E-state index contributed by atoms with van der Waals surface area (Å²) in [5, 5.41) is 14.7. The van der Waals surface area contributed by atoms with Crippen molar-refractivity contribution in [3.8, 4) is 10.6 Å². The van der Waals surface area contributed by atoms with Crippen LogP contribution in [0.2, 0.25) is 14.4 Å². The van der Waals surface area contributed by atoms with E-state index in [2.05, 4.69) is 10.3 Å². The summed E-state index contributed by atoms with van der Waals surface area (Å²) in [6.07, 6.45) is 0. The number of fused-ring (bicyclic) bond motifs is 1. The number of anilines is 2. The average Bonchev–Trinajstić information content (AvgIpc) is 3.20. The molecule has 1 aromatic carbocycles. The van der Waals surface area contributed by atoms with Crippen LogP contribution < -0.4 is 11.1 Å². The number of hydrogen-bond donors (Lipinski definition) is 3. The molecule has 25 heavy (non-hydrogen) atoms. The van der Waals surface area contributed by atoms with Crippen molar-refractivity contribution in [2.75, 3.05) is 11.1 Å². The zero-order chi connectivity index (χ0) is 17.9. The number of carbonyl (C=O) groups is 1. The summed E-state index contributed by atoms with van der Waals surface area (Å²) in [5.41, 5.74) is 4.85. The van der Waals surface area contributed by atoms with Crippen LogP contribution in [0.1, 0.15) is 10.4 Å². The highest BCUT2D eigenvalue weighted by Gasteiger charge is 2.51. The normalized spacial score (nSPS) is 19.1. The first-order chi connectivity index (χ1) is 11.8. The Morgan fingerprint density at radius 1 is 1.20 bits per heavy atom. The van der Waals surface area contributed by atoms with Gasteiger partial charge in [-0.1, -0.05) is 46.1 Å². The van der Waals surface area contributed by atoms with E-state index in [0.29, 0.717) is 25.6 Å². The molecule has 0 bridgehead atoms. The molecular formula is C15H8Cl3N3O2S2. The summed E-state index contributed by atoms with van der Waals surface area (Å²) >= 11 is 20.5. The van der Waals surface area contributed by atoms with E-state index in [9.17, 15) is 9.90 Å². The molecule has 1 aliphatic heterocycles. The van der Waals surface area contributed by atoms with Gasteiger partial charge in [0.2, 0.25) is 5.60 Å². The summed E-state index contributed by atoms with van der Waals surface area (Å²) in [7, 11) is 0. The molecule has 0 fully saturated rings. The van der Waals surface area contributed by atoms with Crippen molar-refractivity contribution in [1.82, 2.24) is 4.98 Å². The largest absolute Gasteiger partial charge is 0.375 e. The van der Waals surface area contributed by atoms with Crippen LogP contribution in [0.25, 0.3) is 10.6 Å². The zero-order valence-electron chi connectivity index (χ0n) is 12.1. The van der Waals surface area contributed by atoms with Gasteiger partial charge in [-0.15, -0.1) is 11.3 Å². The smallest absolute Gasteiger partial charge is 0.266 e. The number of amides is 1. The van der Waals surface area contributed by atoms with Gasteiger partial charge in [-0.25, -0.2) is 4.98 Å². The van der Waals surface area contributed by atoms with Gasteiger partial charge in [0.25, 0.3) is 5.91 Å². The van der Waals surface area contributed by atoms with Crippen molar-refractivity contribution < 1.29 is 9.90 Å². The van der Waals surface area contributed by atoms with Crippen LogP contribution in [0.5, 0.6) is 0 Å². The SMILES string of the molecule is Nc1nc(-c2ccc(Cl)s2)c([C@@]2(O)C(=O)Nc3c(Cl)cc(Cl)cc32)s1. The third-order valence-electron chi connectivity index (χ3n) is 3.79. The number of aromatic nitrogens is 1. The molecule has 1 atom stereocenters. The molecule has 0 unspecified atom stereocenters. The van der Waals surface area contributed by atoms with Crippen LogP contribution in [0, 0.1) is 0 Å². The molecule has 0 spiro atoms. The summed E-state index contributed by atoms with van der Waals surface area (Å²) in [6, 6.07) is 6.46. The number of nitrogens with two attached hydrogens (primary N) is 1. The number of thiazole rings is 1. The van der Waals surface area contributed by atoms with Gasteiger partial charge in [0.1, 0.15) is 5.69 Å². The van der Waals surface area contributed by atoms with Crippen LogP contribution in [0.15, 0.2) is 24.3 Å². The second kappa shape index (κ2) is 5.84. The Morgan fingerprint density at radius 3 is 2.64 bits per heavy atom. The highest BCUT2D eigenvalue weighted by Crippen LogP contribution is 2.50. The molecule has 0 saturated heterocycles. The van der Waals surface area contributed by atoms with Crippen molar-refractivity contribution in [3.05, 3.63) is 49.1 Å². The van der Waals surface area contributed by atoms with Crippen LogP contribution >= 0.6 is 57.5 Å². The number of nitrogen functional groups attached to an aromatic ring is 1. The third-order valence-corrected chi connectivity index (χ3v) is 6.54. The molecule has 0 saturated carbocycles. The number of nitrogens with zero attached hydrogens (tertiary/aromatic N) is 1. The van der Waals surface area contributed by atoms with E-state index in [1.165, 1.54) is 23.5 Å². The summed E-state index contributed by atoms with van der Waals surface area (Å²) in [4.78, 5) is 17.9. The lowest BCUT2D eigenvalue weighted by Gasteiger charge is -2.20. The monoisotopic (exact) mass is 431 g/mol. The number of rotatable bonds is 2. The van der Waals surface area contributed by atoms with Gasteiger partial charge < -0.3 is 16.2 Å². The molecule has 128 valence electrons. The standard InChI is InChI=1S/C15H8Cl3N3O2S2/c16-5-3-6-10(7(17)4-5)20-13(22)15(6,23)12-11(21-14(19)25-12)8-1-2-9(18)24-8/h1-4,23H,(H2,19,21)(H,20,22)/t15-/m1/s1. The Morgan fingerprint density at radius 2 is 1.96 bits per heavy atom. The fourth-order valence-electron chi connectivity index (χ4n) is 2.73. The maximum absolute atomic E-state index is 12.7. The van der Waals surface area contributed by atoms with Crippen molar-refractivity contribution in [2.24, 2.45) is 0 Å². The number of aliphatic hydroxyl groups is 1. The van der Waals surface area contributed by atoms with Gasteiger partial charge in [-0.3, -0.25) is 4.79 Å². The maximum atomic E-state index is 12.7. The molecule has 1 aliphatic rings. The van der Waals surface area contributed by atoms with Gasteiger partial charge in [-0.2, -0.15) is 0 Å². The number of hydrogen-bond acceptors (Lipinski definition) is 6. The van der Waals surface area contributed by atoms with Gasteiger partial charge in [0, 0.05) is 10.6 Å². The second-order valence-electron chi connectivity index (χ2n) is 5.31. The molecule has 5 nitrogen and oxygen atoms in total. The molecule has 3 aromatic rings. The number of benzene rings is 1. The summed E-state index contributed by atoms with van der Waals surface area (Å²) < 4.78 is 0.557. The van der Waals surface area contributed by atoms with Crippen molar-refractivity contribution in [1.29, 1.82) is 0 Å². The number of carbonyl (C=O) groups excluding carboxylic acids is 1. The maximum Gasteiger partial charge on any atom is 0.266 e. The van der Waals surface area contributed by atoms with Crippen LogP contribution in [-0.4, -0.2) is 16.0 Å². The molecule has 0 radical (unpaired) electrons. The Hall–Kier alpha value is -1.35. The first-order valence-electron chi connectivity index (χ1n) is 6.86. The first kappa shape index (κ1) is 17.1. The van der Waals surface area contributed by atoms with E-state index in [1.807, 2.05) is 0 Å². The minimum absolute atomic E-state index is 0.220. The average molecular weight is 433 g/mol. The Bertz CT molecular complexity index is 1030. The second-order valence-corrected chi connectivity index (χ2v) is 8.90. The lowest BCUT2D eigenvalue weighted by atomic mass is 9.92. The van der Waals surface area contributed by atoms with E-state index in [1.54, 1.807) is 12.1 Å². The fraction of sp³-hybridized carbons (Fsp3) is 0.0667. The van der Waals surface area contributed by atoms with Gasteiger partial charge >= 0.3 is 0 Å². The Kier molecular flexibility index (Phi) is 3.99. The quantitative estimate of drug-likeness (QED) is 0.552. The minimum atomic E-state index is -2.00. The Balaban J connectivity index is 1.99. The lowest BCUT2D eigenvalue weighted by Crippen LogP contribution is -2.35. The molecular weight excluding hydrogens is 425 g/mol. The van der Waals surface area contributed by atoms with Gasteiger partial charge in [-0.05, 0) is 24.3 Å². The van der Waals surface area contributed by atoms with E-state index >= 15 is 0 Å². The van der Waals surface area contributed by atoms with Crippen molar-refractivity contribution in [3.63, 3.8) is 0 Å². The number of nitrogens with one attached hydrogen (secondary N) is 1. The molecule has 1 amide bonds. The number of halogens is 3. The zero-order valence-corrected chi connectivity index (χ0v) is 16.0. The molecule has 0 aliphatic carbocycles. The van der Waals surface area contributed by atoms with Gasteiger partial charge in [0.15, 0.2) is 5.13 Å². The Labute approximate surface area is 165 Å². The van der Waals surface area contributed by atoms with Gasteiger partial charge in [0.05, 0.1) is 24.8 Å².